The second-order valence-electron chi connectivity index (χ2n) is 7.17. The van der Waals surface area contributed by atoms with Gasteiger partial charge in [0.05, 0.1) is 24.1 Å². The van der Waals surface area contributed by atoms with Gasteiger partial charge in [-0.3, -0.25) is 14.6 Å². The average molecular weight is 385 g/mol. The molecule has 1 aromatic rings. The number of likely N-dealkylation sites (tertiary alicyclic amines) is 1. The number of allylic oxidation sites excluding steroid dienone is 1. The van der Waals surface area contributed by atoms with Crippen molar-refractivity contribution < 1.29 is 19.8 Å². The molecule has 6 nitrogen and oxygen atoms in total. The van der Waals surface area contributed by atoms with E-state index in [4.69, 9.17) is 5.26 Å². The SMILES string of the molecule is C[C@H](NC(=O)CN1C(=O)[C@H]2CC1c1cc(F)ccc12)[C]1N=CC(C#N)C=C1F.[HH]. The molecule has 145 valence electrons. The van der Waals surface area contributed by atoms with Crippen LogP contribution in [-0.2, 0) is 9.59 Å². The molecule has 2 heterocycles. The van der Waals surface area contributed by atoms with E-state index in [9.17, 15) is 18.4 Å². The Balaban J connectivity index is 0.00000240. The molecule has 0 aromatic heterocycles. The van der Waals surface area contributed by atoms with E-state index in [1.54, 1.807) is 13.0 Å². The minimum absolute atomic E-state index is 0. The Morgan fingerprint density at radius 2 is 2.25 bits per heavy atom. The molecule has 0 saturated carbocycles. The molecule has 2 amide bonds. The van der Waals surface area contributed by atoms with Gasteiger partial charge in [-0.1, -0.05) is 6.07 Å². The Morgan fingerprint density at radius 3 is 2.96 bits per heavy atom. The summed E-state index contributed by atoms with van der Waals surface area (Å²) in [4.78, 5) is 30.4. The molecular formula is C20H19F2N4O2. The number of amides is 2. The fourth-order valence-corrected chi connectivity index (χ4v) is 4.11. The molecule has 4 atom stereocenters. The highest BCUT2D eigenvalue weighted by Crippen LogP contribution is 2.50. The van der Waals surface area contributed by atoms with Gasteiger partial charge in [-0.15, -0.1) is 0 Å². The molecule has 2 bridgehead atoms. The Morgan fingerprint density at radius 1 is 1.46 bits per heavy atom. The number of nitriles is 1. The van der Waals surface area contributed by atoms with Gasteiger partial charge in [0, 0.05) is 7.64 Å². The van der Waals surface area contributed by atoms with Crippen LogP contribution in [0.25, 0.3) is 0 Å². The summed E-state index contributed by atoms with van der Waals surface area (Å²) in [5, 5.41) is 11.4. The maximum absolute atomic E-state index is 14.1. The van der Waals surface area contributed by atoms with Crippen molar-refractivity contribution in [2.75, 3.05) is 6.54 Å². The van der Waals surface area contributed by atoms with E-state index >= 15 is 0 Å². The van der Waals surface area contributed by atoms with Crippen LogP contribution in [0.2, 0.25) is 0 Å². The standard InChI is InChI=1S/C20H17F2N4O2.H2/c1-10(19-16(22)4-11(7-23)8-24-19)25-18(27)9-26-17-6-15(20(26)28)13-3-2-12(21)5-14(13)17;/h2-5,8,10-11,15,17H,6,9H2,1H3,(H,25,27);1H/t10-,11?,15-,17?;/m0./s1. The van der Waals surface area contributed by atoms with Gasteiger partial charge in [-0.2, -0.15) is 5.26 Å². The number of hydrogen-bond acceptors (Lipinski definition) is 4. The van der Waals surface area contributed by atoms with Crippen LogP contribution in [0.3, 0.4) is 0 Å². The number of carbonyl (C=O) groups excluding carboxylic acids is 2. The predicted molar refractivity (Wildman–Crippen MR) is 98.0 cm³/mol. The van der Waals surface area contributed by atoms with Gasteiger partial charge >= 0.3 is 0 Å². The molecule has 2 unspecified atom stereocenters. The summed E-state index contributed by atoms with van der Waals surface area (Å²) in [5.41, 5.74) is 1.57. The van der Waals surface area contributed by atoms with Crippen LogP contribution in [0.1, 0.15) is 37.9 Å². The van der Waals surface area contributed by atoms with E-state index in [0.29, 0.717) is 6.42 Å². The third kappa shape index (κ3) is 2.97. The summed E-state index contributed by atoms with van der Waals surface area (Å²) < 4.78 is 27.7. The highest BCUT2D eigenvalue weighted by atomic mass is 19.1. The molecule has 1 aromatic carbocycles. The Bertz CT molecular complexity index is 958. The van der Waals surface area contributed by atoms with Crippen molar-refractivity contribution in [1.29, 1.82) is 5.26 Å². The number of aliphatic imine (C=N–C) groups is 1. The number of nitrogens with zero attached hydrogens (tertiary/aromatic N) is 3. The molecule has 1 aliphatic carbocycles. The lowest BCUT2D eigenvalue weighted by atomic mass is 9.98. The van der Waals surface area contributed by atoms with Crippen LogP contribution >= 0.6 is 0 Å². The fourth-order valence-electron chi connectivity index (χ4n) is 4.11. The molecule has 1 radical (unpaired) electrons. The van der Waals surface area contributed by atoms with Crippen molar-refractivity contribution in [3.05, 3.63) is 53.1 Å². The summed E-state index contributed by atoms with van der Waals surface area (Å²) in [6, 6.07) is 5.25. The van der Waals surface area contributed by atoms with E-state index in [2.05, 4.69) is 10.3 Å². The van der Waals surface area contributed by atoms with Gasteiger partial charge in [-0.05, 0) is 42.7 Å². The lowest BCUT2D eigenvalue weighted by Crippen LogP contribution is -2.45. The highest BCUT2D eigenvalue weighted by Gasteiger charge is 2.49. The number of fused-ring (bicyclic) bond motifs is 5. The van der Waals surface area contributed by atoms with Crippen molar-refractivity contribution in [3.8, 4) is 6.07 Å². The molecule has 3 aliphatic rings. The summed E-state index contributed by atoms with van der Waals surface area (Å²) in [7, 11) is 0. The zero-order chi connectivity index (χ0) is 20.0. The van der Waals surface area contributed by atoms with Crippen molar-refractivity contribution in [3.63, 3.8) is 0 Å². The second kappa shape index (κ2) is 6.82. The summed E-state index contributed by atoms with van der Waals surface area (Å²) >= 11 is 0. The second-order valence-corrected chi connectivity index (χ2v) is 7.17. The Labute approximate surface area is 162 Å². The summed E-state index contributed by atoms with van der Waals surface area (Å²) in [5.74, 6) is -2.71. The molecule has 8 heteroatoms. The first kappa shape index (κ1) is 18.3. The van der Waals surface area contributed by atoms with Crippen LogP contribution in [-0.4, -0.2) is 35.5 Å². The number of halogens is 2. The molecule has 1 saturated heterocycles. The Hall–Kier alpha value is -3.08. The highest BCUT2D eigenvalue weighted by molar-refractivity contribution is 5.93. The summed E-state index contributed by atoms with van der Waals surface area (Å²) in [6.07, 6.45) is 2.99. The monoisotopic (exact) mass is 385 g/mol. The van der Waals surface area contributed by atoms with Crippen LogP contribution in [0, 0.1) is 29.1 Å². The van der Waals surface area contributed by atoms with Crippen molar-refractivity contribution in [2.45, 2.75) is 31.3 Å². The van der Waals surface area contributed by atoms with Crippen LogP contribution in [0.15, 0.2) is 35.1 Å². The number of dihydropyridines is 1. The topological polar surface area (TPSA) is 85.6 Å². The molecule has 28 heavy (non-hydrogen) atoms. The zero-order valence-electron chi connectivity index (χ0n) is 15.0. The normalized spacial score (nSPS) is 26.6. The molecule has 1 fully saturated rings. The smallest absolute Gasteiger partial charge is 0.239 e. The molecule has 0 spiro atoms. The summed E-state index contributed by atoms with van der Waals surface area (Å²) in [6.45, 7) is 1.39. The lowest BCUT2D eigenvalue weighted by molar-refractivity contribution is -0.136. The van der Waals surface area contributed by atoms with Gasteiger partial charge in [0.15, 0.2) is 6.04 Å². The van der Waals surface area contributed by atoms with Gasteiger partial charge in [0.2, 0.25) is 11.8 Å². The van der Waals surface area contributed by atoms with E-state index in [0.717, 1.165) is 17.2 Å². The Kier molecular flexibility index (Phi) is 4.46. The predicted octanol–water partition coefficient (Wildman–Crippen LogP) is 2.56. The van der Waals surface area contributed by atoms with E-state index in [1.165, 1.54) is 23.2 Å². The first-order chi connectivity index (χ1) is 13.4. The maximum atomic E-state index is 14.1. The van der Waals surface area contributed by atoms with Gasteiger partial charge in [-0.25, -0.2) is 8.78 Å². The van der Waals surface area contributed by atoms with Gasteiger partial charge < -0.3 is 10.2 Å². The number of nitrogens with one attached hydrogen (secondary N) is 1. The largest absolute Gasteiger partial charge is 0.349 e. The minimum atomic E-state index is -0.732. The van der Waals surface area contributed by atoms with Gasteiger partial charge in [0.25, 0.3) is 0 Å². The van der Waals surface area contributed by atoms with Crippen LogP contribution in [0.5, 0.6) is 0 Å². The van der Waals surface area contributed by atoms with E-state index in [1.807, 2.05) is 6.07 Å². The molecule has 2 aliphatic heterocycles. The number of carbonyl (C=O) groups is 2. The molecule has 4 rings (SSSR count). The minimum Gasteiger partial charge on any atom is -0.349 e. The number of rotatable bonds is 4. The van der Waals surface area contributed by atoms with E-state index < -0.39 is 23.7 Å². The first-order valence-electron chi connectivity index (χ1n) is 8.96. The molecule has 1 N–H and O–H groups in total. The third-order valence-electron chi connectivity index (χ3n) is 5.40. The van der Waals surface area contributed by atoms with Crippen LogP contribution in [0.4, 0.5) is 8.78 Å². The van der Waals surface area contributed by atoms with Crippen LogP contribution < -0.4 is 5.32 Å². The maximum Gasteiger partial charge on any atom is 0.239 e. The molecular weight excluding hydrogens is 366 g/mol. The van der Waals surface area contributed by atoms with Gasteiger partial charge in [0.1, 0.15) is 24.1 Å². The first-order valence-corrected chi connectivity index (χ1v) is 8.96. The average Bonchev–Trinajstić information content (AvgIpc) is 3.17. The third-order valence-corrected chi connectivity index (χ3v) is 5.40. The van der Waals surface area contributed by atoms with Crippen molar-refractivity contribution >= 4 is 18.0 Å². The fraction of sp³-hybridized carbons (Fsp3) is 0.350. The van der Waals surface area contributed by atoms with Crippen molar-refractivity contribution in [2.24, 2.45) is 10.9 Å². The number of hydrogen-bond donors (Lipinski definition) is 1. The zero-order valence-corrected chi connectivity index (χ0v) is 15.0. The van der Waals surface area contributed by atoms with E-state index in [-0.39, 0.29) is 37.7 Å². The quantitative estimate of drug-likeness (QED) is 0.864. The lowest BCUT2D eigenvalue weighted by Gasteiger charge is -2.29. The van der Waals surface area contributed by atoms with Crippen molar-refractivity contribution in [1.82, 2.24) is 10.2 Å². The number of benzene rings is 1.